The van der Waals surface area contributed by atoms with Crippen molar-refractivity contribution in [2.75, 3.05) is 0 Å². The van der Waals surface area contributed by atoms with Gasteiger partial charge in [-0.25, -0.2) is 0 Å². The van der Waals surface area contributed by atoms with Gasteiger partial charge in [0.05, 0.1) is 6.21 Å². The van der Waals surface area contributed by atoms with Gasteiger partial charge >= 0.3 is 0 Å². The van der Waals surface area contributed by atoms with Crippen LogP contribution in [-0.2, 0) is 5.41 Å². The molecule has 22 heavy (non-hydrogen) atoms. The predicted molar refractivity (Wildman–Crippen MR) is 88.8 cm³/mol. The first-order valence-corrected chi connectivity index (χ1v) is 8.15. The normalized spacial score (nSPS) is 12.5. The number of aromatic nitrogens is 5. The van der Waals surface area contributed by atoms with Gasteiger partial charge in [-0.2, -0.15) is 19.4 Å². The van der Waals surface area contributed by atoms with Gasteiger partial charge in [0, 0.05) is 20.1 Å². The molecule has 0 saturated heterocycles. The van der Waals surface area contributed by atoms with Crippen LogP contribution in [-0.4, -0.2) is 30.7 Å². The second kappa shape index (κ2) is 5.40. The molecule has 0 aliphatic heterocycles. The minimum Gasteiger partial charge on any atom is -0.265 e. The van der Waals surface area contributed by atoms with Crippen LogP contribution in [0.1, 0.15) is 31.3 Å². The summed E-state index contributed by atoms with van der Waals surface area (Å²) in [7, 11) is 0. The van der Waals surface area contributed by atoms with Gasteiger partial charge in [0.2, 0.25) is 0 Å². The molecule has 3 aromatic heterocycles. The standard InChI is InChI=1S/C13H13BrN6OS/c1-13(2,3)10-11(21)20(12-17-15-7-19(12)18-10)16-5-9-4-8(14)6-22-9/h4-7H,1-3H3/b16-5-. The highest BCUT2D eigenvalue weighted by atomic mass is 79.9. The molecule has 0 N–H and O–H groups in total. The molecular formula is C13H13BrN6OS. The van der Waals surface area contributed by atoms with Crippen LogP contribution in [0.3, 0.4) is 0 Å². The first kappa shape index (κ1) is 15.0. The molecule has 3 heterocycles. The smallest absolute Gasteiger partial charge is 0.265 e. The van der Waals surface area contributed by atoms with Crippen molar-refractivity contribution >= 4 is 39.3 Å². The van der Waals surface area contributed by atoms with Gasteiger partial charge < -0.3 is 0 Å². The predicted octanol–water partition coefficient (Wildman–Crippen LogP) is 2.29. The molecule has 0 amide bonds. The number of halogens is 1. The summed E-state index contributed by atoms with van der Waals surface area (Å²) in [6, 6.07) is 1.92. The van der Waals surface area contributed by atoms with Crippen LogP contribution >= 0.6 is 27.3 Å². The summed E-state index contributed by atoms with van der Waals surface area (Å²) in [6.45, 7) is 5.78. The van der Waals surface area contributed by atoms with E-state index in [0.29, 0.717) is 5.69 Å². The minimum atomic E-state index is -0.404. The van der Waals surface area contributed by atoms with Gasteiger partial charge in [0.25, 0.3) is 11.3 Å². The molecule has 9 heteroatoms. The molecule has 114 valence electrons. The Hall–Kier alpha value is -1.87. The highest BCUT2D eigenvalue weighted by Gasteiger charge is 2.23. The summed E-state index contributed by atoms with van der Waals surface area (Å²) < 4.78 is 3.67. The molecule has 0 radical (unpaired) electrons. The second-order valence-corrected chi connectivity index (χ2v) is 7.56. The number of thiophene rings is 1. The Morgan fingerprint density at radius 2 is 2.18 bits per heavy atom. The van der Waals surface area contributed by atoms with E-state index in [0.717, 1.165) is 9.35 Å². The molecule has 3 rings (SSSR count). The zero-order valence-corrected chi connectivity index (χ0v) is 14.6. The molecule has 0 aliphatic carbocycles. The van der Waals surface area contributed by atoms with Crippen LogP contribution < -0.4 is 5.56 Å². The number of fused-ring (bicyclic) bond motifs is 1. The van der Waals surface area contributed by atoms with E-state index in [1.165, 1.54) is 26.9 Å². The van der Waals surface area contributed by atoms with Gasteiger partial charge in [-0.05, 0) is 22.0 Å². The fourth-order valence-corrected chi connectivity index (χ4v) is 3.16. The van der Waals surface area contributed by atoms with Gasteiger partial charge in [0.15, 0.2) is 0 Å². The molecule has 0 aromatic carbocycles. The Kier molecular flexibility index (Phi) is 3.69. The van der Waals surface area contributed by atoms with E-state index in [2.05, 4.69) is 36.3 Å². The Morgan fingerprint density at radius 1 is 1.41 bits per heavy atom. The summed E-state index contributed by atoms with van der Waals surface area (Å²) in [6.07, 6.45) is 3.08. The Balaban J connectivity index is 2.19. The quantitative estimate of drug-likeness (QED) is 0.639. The SMILES string of the molecule is CC(C)(C)c1nn2cnnc2n(/N=C\c2cc(Br)cs2)c1=O. The van der Waals surface area contributed by atoms with Crippen LogP contribution in [0.15, 0.2) is 32.1 Å². The van der Waals surface area contributed by atoms with E-state index in [9.17, 15) is 4.79 Å². The van der Waals surface area contributed by atoms with E-state index in [1.807, 2.05) is 32.2 Å². The van der Waals surface area contributed by atoms with Gasteiger partial charge in [-0.1, -0.05) is 20.8 Å². The van der Waals surface area contributed by atoms with Crippen molar-refractivity contribution in [1.82, 2.24) is 24.5 Å². The van der Waals surface area contributed by atoms with E-state index >= 15 is 0 Å². The molecular weight excluding hydrogens is 368 g/mol. The van der Waals surface area contributed by atoms with Crippen LogP contribution in [0.5, 0.6) is 0 Å². The van der Waals surface area contributed by atoms with Crippen molar-refractivity contribution in [2.45, 2.75) is 26.2 Å². The van der Waals surface area contributed by atoms with Crippen molar-refractivity contribution < 1.29 is 0 Å². The van der Waals surface area contributed by atoms with Crippen molar-refractivity contribution in [1.29, 1.82) is 0 Å². The fraction of sp³-hybridized carbons (Fsp3) is 0.308. The van der Waals surface area contributed by atoms with Crippen molar-refractivity contribution in [3.63, 3.8) is 0 Å². The largest absolute Gasteiger partial charge is 0.298 e. The maximum atomic E-state index is 12.7. The third-order valence-corrected chi connectivity index (χ3v) is 4.53. The zero-order chi connectivity index (χ0) is 15.9. The van der Waals surface area contributed by atoms with Crippen LogP contribution in [0.4, 0.5) is 0 Å². The lowest BCUT2D eigenvalue weighted by atomic mass is 9.93. The van der Waals surface area contributed by atoms with Gasteiger partial charge in [-0.15, -0.1) is 21.5 Å². The number of rotatable bonds is 2. The fourth-order valence-electron chi connectivity index (χ4n) is 1.86. The second-order valence-electron chi connectivity index (χ2n) is 5.70. The van der Waals surface area contributed by atoms with E-state index in [-0.39, 0.29) is 11.3 Å². The maximum absolute atomic E-state index is 12.7. The molecule has 0 unspecified atom stereocenters. The average Bonchev–Trinajstić information content (AvgIpc) is 3.04. The Bertz CT molecular complexity index is 917. The van der Waals surface area contributed by atoms with Crippen molar-refractivity contribution in [2.24, 2.45) is 5.10 Å². The summed E-state index contributed by atoms with van der Waals surface area (Å²) in [5.41, 5.74) is -0.289. The van der Waals surface area contributed by atoms with Crippen molar-refractivity contribution in [3.8, 4) is 0 Å². The van der Waals surface area contributed by atoms with Crippen LogP contribution in [0.2, 0.25) is 0 Å². The van der Waals surface area contributed by atoms with Gasteiger partial charge in [0.1, 0.15) is 12.0 Å². The van der Waals surface area contributed by atoms with Crippen molar-refractivity contribution in [3.05, 3.63) is 43.2 Å². The lowest BCUT2D eigenvalue weighted by Crippen LogP contribution is -2.32. The number of nitrogens with zero attached hydrogens (tertiary/aromatic N) is 6. The molecule has 3 aromatic rings. The number of hydrogen-bond acceptors (Lipinski definition) is 6. The molecule has 7 nitrogen and oxygen atoms in total. The van der Waals surface area contributed by atoms with E-state index < -0.39 is 5.41 Å². The molecule has 0 bridgehead atoms. The summed E-state index contributed by atoms with van der Waals surface area (Å²) >= 11 is 4.91. The third-order valence-electron chi connectivity index (χ3n) is 2.90. The van der Waals surface area contributed by atoms with Gasteiger partial charge in [-0.3, -0.25) is 4.79 Å². The summed E-state index contributed by atoms with van der Waals surface area (Å²) in [5.74, 6) is 0.282. The maximum Gasteiger partial charge on any atom is 0.298 e. The summed E-state index contributed by atoms with van der Waals surface area (Å²) in [4.78, 5) is 13.6. The lowest BCUT2D eigenvalue weighted by molar-refractivity contribution is 0.529. The van der Waals surface area contributed by atoms with E-state index in [1.54, 1.807) is 6.21 Å². The molecule has 0 atom stereocenters. The molecule has 0 saturated carbocycles. The average molecular weight is 381 g/mol. The third kappa shape index (κ3) is 2.73. The monoisotopic (exact) mass is 380 g/mol. The van der Waals surface area contributed by atoms with Crippen LogP contribution in [0, 0.1) is 0 Å². The van der Waals surface area contributed by atoms with E-state index in [4.69, 9.17) is 0 Å². The Morgan fingerprint density at radius 3 is 2.82 bits per heavy atom. The first-order valence-electron chi connectivity index (χ1n) is 6.48. The van der Waals surface area contributed by atoms with Crippen LogP contribution in [0.25, 0.3) is 5.78 Å². The minimum absolute atomic E-state index is 0.282. The Labute approximate surface area is 138 Å². The summed E-state index contributed by atoms with van der Waals surface area (Å²) in [5, 5.41) is 18.2. The highest BCUT2D eigenvalue weighted by molar-refractivity contribution is 9.10. The topological polar surface area (TPSA) is 77.4 Å². The molecule has 0 fully saturated rings. The number of hydrogen-bond donors (Lipinski definition) is 0. The lowest BCUT2D eigenvalue weighted by Gasteiger charge is -2.16. The zero-order valence-electron chi connectivity index (χ0n) is 12.2. The molecule has 0 spiro atoms. The molecule has 0 aliphatic rings. The first-order chi connectivity index (χ1) is 10.4. The highest BCUT2D eigenvalue weighted by Crippen LogP contribution is 2.18.